The largest absolute Gasteiger partial charge is 0.493 e. The predicted molar refractivity (Wildman–Crippen MR) is 96.4 cm³/mol. The Morgan fingerprint density at radius 3 is 2.75 bits per heavy atom. The van der Waals surface area contributed by atoms with Gasteiger partial charge in [-0.2, -0.15) is 0 Å². The van der Waals surface area contributed by atoms with Crippen molar-refractivity contribution in [3.05, 3.63) is 59.7 Å². The second kappa shape index (κ2) is 7.05. The number of hydrogen-bond acceptors (Lipinski definition) is 3. The van der Waals surface area contributed by atoms with Crippen molar-refractivity contribution >= 4 is 11.6 Å². The Kier molecular flexibility index (Phi) is 4.86. The van der Waals surface area contributed by atoms with Crippen molar-refractivity contribution in [2.24, 2.45) is 0 Å². The van der Waals surface area contributed by atoms with E-state index in [2.05, 4.69) is 42.7 Å². The topological polar surface area (TPSA) is 50.4 Å². The summed E-state index contributed by atoms with van der Waals surface area (Å²) in [6.07, 6.45) is 0. The third-order valence-corrected chi connectivity index (χ3v) is 4.56. The predicted octanol–water partition coefficient (Wildman–Crippen LogP) is 3.86. The average Bonchev–Trinajstić information content (AvgIpc) is 2.98. The van der Waals surface area contributed by atoms with E-state index in [1.165, 1.54) is 12.5 Å². The lowest BCUT2D eigenvalue weighted by molar-refractivity contribution is -0.114. The minimum absolute atomic E-state index is 0.0548. The van der Waals surface area contributed by atoms with Gasteiger partial charge in [0.2, 0.25) is 5.91 Å². The molecule has 1 aliphatic rings. The molecular weight excluding hydrogens is 300 g/mol. The highest BCUT2D eigenvalue weighted by atomic mass is 16.5. The lowest BCUT2D eigenvalue weighted by atomic mass is 9.93. The quantitative estimate of drug-likeness (QED) is 0.878. The molecule has 0 saturated carbocycles. The van der Waals surface area contributed by atoms with Crippen LogP contribution < -0.4 is 15.4 Å². The molecule has 0 unspecified atom stereocenters. The molecule has 0 fully saturated rings. The van der Waals surface area contributed by atoms with Crippen molar-refractivity contribution in [2.75, 3.05) is 11.9 Å². The average molecular weight is 324 g/mol. The van der Waals surface area contributed by atoms with Crippen molar-refractivity contribution in [3.63, 3.8) is 0 Å². The molecule has 4 heteroatoms. The van der Waals surface area contributed by atoms with Gasteiger partial charge in [0.05, 0.1) is 6.61 Å². The van der Waals surface area contributed by atoms with Crippen LogP contribution in [0.4, 0.5) is 5.69 Å². The summed E-state index contributed by atoms with van der Waals surface area (Å²) in [5.41, 5.74) is 3.26. The van der Waals surface area contributed by atoms with Crippen molar-refractivity contribution in [1.29, 1.82) is 0 Å². The van der Waals surface area contributed by atoms with E-state index in [1.807, 2.05) is 30.3 Å². The molecule has 0 aromatic heterocycles. The third kappa shape index (κ3) is 3.60. The van der Waals surface area contributed by atoms with Crippen LogP contribution in [0.1, 0.15) is 43.9 Å². The maximum atomic E-state index is 11.2. The Hall–Kier alpha value is -2.33. The number of hydrogen-bond donors (Lipinski definition) is 2. The molecule has 2 aromatic rings. The fraction of sp³-hybridized carbons (Fsp3) is 0.350. The van der Waals surface area contributed by atoms with Gasteiger partial charge in [-0.15, -0.1) is 0 Å². The standard InChI is InChI=1S/C20H24N2O2/c1-13(16-7-6-8-17(11-16)22-15(3)23)21-14(2)19-12-24-20-10-5-4-9-18(19)20/h4-11,13-14,19,21H,12H2,1-3H3,(H,22,23)/t13-,14+,19-/m0/s1. The van der Waals surface area contributed by atoms with Crippen molar-refractivity contribution < 1.29 is 9.53 Å². The number of ether oxygens (including phenoxy) is 1. The molecule has 4 nitrogen and oxygen atoms in total. The van der Waals surface area contributed by atoms with Gasteiger partial charge in [-0.05, 0) is 37.6 Å². The molecule has 3 rings (SSSR count). The minimum Gasteiger partial charge on any atom is -0.493 e. The molecule has 1 amide bonds. The van der Waals surface area contributed by atoms with Crippen molar-refractivity contribution in [1.82, 2.24) is 5.32 Å². The first-order valence-electron chi connectivity index (χ1n) is 8.40. The summed E-state index contributed by atoms with van der Waals surface area (Å²) in [5.74, 6) is 1.29. The summed E-state index contributed by atoms with van der Waals surface area (Å²) in [4.78, 5) is 11.2. The number of para-hydroxylation sites is 1. The van der Waals surface area contributed by atoms with Crippen LogP contribution in [-0.2, 0) is 4.79 Å². The van der Waals surface area contributed by atoms with Crippen LogP contribution in [-0.4, -0.2) is 18.6 Å². The molecule has 126 valence electrons. The molecule has 24 heavy (non-hydrogen) atoms. The highest BCUT2D eigenvalue weighted by Crippen LogP contribution is 2.36. The van der Waals surface area contributed by atoms with Gasteiger partial charge in [-0.1, -0.05) is 30.3 Å². The second-order valence-corrected chi connectivity index (χ2v) is 6.44. The lowest BCUT2D eigenvalue weighted by Gasteiger charge is -2.25. The maximum Gasteiger partial charge on any atom is 0.221 e. The van der Waals surface area contributed by atoms with Crippen LogP contribution >= 0.6 is 0 Å². The van der Waals surface area contributed by atoms with Crippen LogP contribution in [0, 0.1) is 0 Å². The first-order valence-corrected chi connectivity index (χ1v) is 8.40. The van der Waals surface area contributed by atoms with Crippen molar-refractivity contribution in [2.45, 2.75) is 38.8 Å². The molecule has 1 aliphatic heterocycles. The molecule has 3 atom stereocenters. The molecule has 2 aromatic carbocycles. The Labute approximate surface area is 143 Å². The number of fused-ring (bicyclic) bond motifs is 1. The summed E-state index contributed by atoms with van der Waals surface area (Å²) < 4.78 is 5.79. The van der Waals surface area contributed by atoms with Gasteiger partial charge in [0, 0.05) is 36.2 Å². The highest BCUT2D eigenvalue weighted by molar-refractivity contribution is 5.88. The first-order chi connectivity index (χ1) is 11.5. The second-order valence-electron chi connectivity index (χ2n) is 6.44. The Morgan fingerprint density at radius 2 is 1.96 bits per heavy atom. The summed E-state index contributed by atoms with van der Waals surface area (Å²) in [6, 6.07) is 16.7. The Balaban J connectivity index is 1.69. The van der Waals surface area contributed by atoms with Crippen LogP contribution in [0.15, 0.2) is 48.5 Å². The maximum absolute atomic E-state index is 11.2. The number of rotatable bonds is 5. The van der Waals surface area contributed by atoms with Gasteiger partial charge in [-0.3, -0.25) is 4.79 Å². The summed E-state index contributed by atoms with van der Waals surface area (Å²) in [7, 11) is 0. The molecule has 0 radical (unpaired) electrons. The molecule has 0 saturated heterocycles. The molecule has 1 heterocycles. The first kappa shape index (κ1) is 16.5. The van der Waals surface area contributed by atoms with E-state index < -0.39 is 0 Å². The number of benzene rings is 2. The number of carbonyl (C=O) groups is 1. The Bertz CT molecular complexity index is 729. The monoisotopic (exact) mass is 324 g/mol. The zero-order chi connectivity index (χ0) is 17.1. The summed E-state index contributed by atoms with van der Waals surface area (Å²) >= 11 is 0. The number of anilines is 1. The van der Waals surface area contributed by atoms with E-state index in [1.54, 1.807) is 0 Å². The zero-order valence-electron chi connectivity index (χ0n) is 14.4. The van der Waals surface area contributed by atoms with E-state index >= 15 is 0 Å². The fourth-order valence-corrected chi connectivity index (χ4v) is 3.30. The van der Waals surface area contributed by atoms with Crippen molar-refractivity contribution in [3.8, 4) is 5.75 Å². The molecule has 0 spiro atoms. The molecule has 2 N–H and O–H groups in total. The van der Waals surface area contributed by atoms with Crippen LogP contribution in [0.2, 0.25) is 0 Å². The van der Waals surface area contributed by atoms with E-state index in [4.69, 9.17) is 4.74 Å². The van der Waals surface area contributed by atoms with E-state index in [9.17, 15) is 4.79 Å². The van der Waals surface area contributed by atoms with Gasteiger partial charge in [0.15, 0.2) is 0 Å². The molecule has 0 bridgehead atoms. The molecule has 0 aliphatic carbocycles. The van der Waals surface area contributed by atoms with Crippen LogP contribution in [0.25, 0.3) is 0 Å². The van der Waals surface area contributed by atoms with Gasteiger partial charge in [0.1, 0.15) is 5.75 Å². The SMILES string of the molecule is CC(=O)Nc1cccc([C@H](C)N[C@H](C)[C@@H]2COc3ccccc32)c1. The number of amides is 1. The van der Waals surface area contributed by atoms with Gasteiger partial charge >= 0.3 is 0 Å². The van der Waals surface area contributed by atoms with Crippen LogP contribution in [0.5, 0.6) is 5.75 Å². The Morgan fingerprint density at radius 1 is 1.17 bits per heavy atom. The van der Waals surface area contributed by atoms with E-state index in [0.717, 1.165) is 17.0 Å². The fourth-order valence-electron chi connectivity index (χ4n) is 3.30. The third-order valence-electron chi connectivity index (χ3n) is 4.56. The number of nitrogens with one attached hydrogen (secondary N) is 2. The number of carbonyl (C=O) groups excluding carboxylic acids is 1. The molecular formula is C20H24N2O2. The van der Waals surface area contributed by atoms with E-state index in [-0.39, 0.29) is 18.0 Å². The lowest BCUT2D eigenvalue weighted by Crippen LogP contribution is -2.35. The highest BCUT2D eigenvalue weighted by Gasteiger charge is 2.29. The smallest absolute Gasteiger partial charge is 0.221 e. The van der Waals surface area contributed by atoms with Gasteiger partial charge in [0.25, 0.3) is 0 Å². The van der Waals surface area contributed by atoms with Gasteiger partial charge < -0.3 is 15.4 Å². The van der Waals surface area contributed by atoms with Crippen LogP contribution in [0.3, 0.4) is 0 Å². The normalized spacial score (nSPS) is 18.4. The minimum atomic E-state index is -0.0548. The zero-order valence-corrected chi connectivity index (χ0v) is 14.4. The van der Waals surface area contributed by atoms with Gasteiger partial charge in [-0.25, -0.2) is 0 Å². The summed E-state index contributed by atoms with van der Waals surface area (Å²) in [5, 5.41) is 6.50. The summed E-state index contributed by atoms with van der Waals surface area (Å²) in [6.45, 7) is 6.58. The van der Waals surface area contributed by atoms with E-state index in [0.29, 0.717) is 12.5 Å².